The maximum absolute atomic E-state index is 12.9. The van der Waals surface area contributed by atoms with Gasteiger partial charge in [0.2, 0.25) is 0 Å². The third-order valence-electron chi connectivity index (χ3n) is 4.88. The summed E-state index contributed by atoms with van der Waals surface area (Å²) >= 11 is 0. The summed E-state index contributed by atoms with van der Waals surface area (Å²) in [5.74, 6) is -0.311. The zero-order valence-corrected chi connectivity index (χ0v) is 14.5. The van der Waals surface area contributed by atoms with Gasteiger partial charge >= 0.3 is 6.03 Å². The van der Waals surface area contributed by atoms with Gasteiger partial charge in [0.05, 0.1) is 20.1 Å². The Morgan fingerprint density at radius 3 is 2.36 bits per heavy atom. The van der Waals surface area contributed by atoms with Crippen LogP contribution in [0.1, 0.15) is 18.4 Å². The Morgan fingerprint density at radius 1 is 1.08 bits per heavy atom. The fraction of sp³-hybridized carbons (Fsp3) is 0.350. The lowest BCUT2D eigenvalue weighted by atomic mass is 10.0. The van der Waals surface area contributed by atoms with Crippen molar-refractivity contribution in [2.75, 3.05) is 25.5 Å². The first kappa shape index (κ1) is 17.4. The lowest BCUT2D eigenvalue weighted by Crippen LogP contribution is -2.54. The van der Waals surface area contributed by atoms with Crippen LogP contribution in [0.5, 0.6) is 0 Å². The second-order valence-electron chi connectivity index (χ2n) is 7.09. The molecule has 0 radical (unpaired) electrons. The summed E-state index contributed by atoms with van der Waals surface area (Å²) in [6.07, 6.45) is 1.92. The molecule has 1 saturated heterocycles. The van der Waals surface area contributed by atoms with Gasteiger partial charge in [0.25, 0.3) is 0 Å². The highest BCUT2D eigenvalue weighted by Crippen LogP contribution is 2.21. The molecule has 1 aliphatic rings. The Bertz CT molecular complexity index is 695. The van der Waals surface area contributed by atoms with Gasteiger partial charge in [-0.05, 0) is 24.3 Å². The average Bonchev–Trinajstić information content (AvgIpc) is 2.60. The smallest absolute Gasteiger partial charge is 0.319 e. The number of nitrogens with zero attached hydrogens (tertiary/aromatic N) is 1. The Morgan fingerprint density at radius 2 is 1.72 bits per heavy atom. The first-order valence-electron chi connectivity index (χ1n) is 8.73. The van der Waals surface area contributed by atoms with E-state index >= 15 is 0 Å². The fourth-order valence-electron chi connectivity index (χ4n) is 3.40. The van der Waals surface area contributed by atoms with Gasteiger partial charge in [0, 0.05) is 30.1 Å². The van der Waals surface area contributed by atoms with E-state index in [4.69, 9.17) is 0 Å². The molecule has 1 aliphatic heterocycles. The second-order valence-corrected chi connectivity index (χ2v) is 7.09. The van der Waals surface area contributed by atoms with Crippen LogP contribution in [0.3, 0.4) is 0 Å². The molecular weight excluding hydrogens is 317 g/mol. The van der Waals surface area contributed by atoms with Gasteiger partial charge in [0.1, 0.15) is 12.4 Å². The second kappa shape index (κ2) is 7.66. The van der Waals surface area contributed by atoms with Crippen LogP contribution in [0.15, 0.2) is 54.6 Å². The van der Waals surface area contributed by atoms with E-state index in [0.717, 1.165) is 37.0 Å². The molecule has 2 N–H and O–H groups in total. The summed E-state index contributed by atoms with van der Waals surface area (Å²) in [4.78, 5) is 12.1. The van der Waals surface area contributed by atoms with Gasteiger partial charge in [-0.1, -0.05) is 30.3 Å². The van der Waals surface area contributed by atoms with Gasteiger partial charge in [-0.15, -0.1) is 0 Å². The van der Waals surface area contributed by atoms with Crippen LogP contribution in [-0.4, -0.2) is 36.7 Å². The van der Waals surface area contributed by atoms with Crippen molar-refractivity contribution >= 4 is 11.7 Å². The molecule has 2 aromatic carbocycles. The van der Waals surface area contributed by atoms with Crippen molar-refractivity contribution in [3.05, 3.63) is 66.0 Å². The maximum atomic E-state index is 12.9. The Labute approximate surface area is 148 Å². The number of rotatable bonds is 4. The van der Waals surface area contributed by atoms with Crippen LogP contribution in [0.4, 0.5) is 14.9 Å². The predicted molar refractivity (Wildman–Crippen MR) is 97.6 cm³/mol. The minimum absolute atomic E-state index is 0.183. The SMILES string of the molecule is C[N+]1(Cc2ccccc2)CCC(NC(=O)Nc2ccc(F)cc2)CC1. The zero-order chi connectivity index (χ0) is 17.7. The van der Waals surface area contributed by atoms with Crippen LogP contribution in [0.2, 0.25) is 0 Å². The molecule has 0 atom stereocenters. The molecule has 0 unspecified atom stereocenters. The van der Waals surface area contributed by atoms with E-state index in [1.807, 2.05) is 6.07 Å². The first-order valence-corrected chi connectivity index (χ1v) is 8.73. The standard InChI is InChI=1S/C20H24FN3O/c1-24(15-16-5-3-2-4-6-16)13-11-19(12-14-24)23-20(25)22-18-9-7-17(21)8-10-18/h2-10,19H,11-15H2,1H3,(H-,22,23,25)/p+1. The molecule has 132 valence electrons. The fourth-order valence-corrected chi connectivity index (χ4v) is 3.40. The van der Waals surface area contributed by atoms with Gasteiger partial charge in [-0.2, -0.15) is 0 Å². The number of urea groups is 1. The molecule has 25 heavy (non-hydrogen) atoms. The number of carbonyl (C=O) groups excluding carboxylic acids is 1. The number of hydrogen-bond donors (Lipinski definition) is 2. The van der Waals surface area contributed by atoms with Crippen LogP contribution < -0.4 is 10.6 Å². The molecule has 0 saturated carbocycles. The summed E-state index contributed by atoms with van der Waals surface area (Å²) in [7, 11) is 2.28. The monoisotopic (exact) mass is 342 g/mol. The number of halogens is 1. The Kier molecular flexibility index (Phi) is 5.34. The van der Waals surface area contributed by atoms with Crippen molar-refractivity contribution in [2.24, 2.45) is 0 Å². The molecule has 0 aliphatic carbocycles. The zero-order valence-electron chi connectivity index (χ0n) is 14.5. The lowest BCUT2D eigenvalue weighted by molar-refractivity contribution is -0.927. The molecule has 2 aromatic rings. The molecule has 0 spiro atoms. The molecule has 3 rings (SSSR count). The van der Waals surface area contributed by atoms with Crippen molar-refractivity contribution in [1.29, 1.82) is 0 Å². The van der Waals surface area contributed by atoms with Crippen molar-refractivity contribution < 1.29 is 13.7 Å². The van der Waals surface area contributed by atoms with Gasteiger partial charge in [-0.3, -0.25) is 0 Å². The number of anilines is 1. The number of benzene rings is 2. The number of likely N-dealkylation sites (tertiary alicyclic amines) is 1. The summed E-state index contributed by atoms with van der Waals surface area (Å²) in [6, 6.07) is 16.3. The summed E-state index contributed by atoms with van der Waals surface area (Å²) < 4.78 is 13.9. The van der Waals surface area contributed by atoms with Crippen LogP contribution in [0, 0.1) is 5.82 Å². The van der Waals surface area contributed by atoms with E-state index in [0.29, 0.717) is 5.69 Å². The third kappa shape index (κ3) is 5.03. The molecule has 0 bridgehead atoms. The van der Waals surface area contributed by atoms with Crippen molar-refractivity contribution in [1.82, 2.24) is 5.32 Å². The summed E-state index contributed by atoms with van der Waals surface area (Å²) in [5.41, 5.74) is 1.95. The van der Waals surface area contributed by atoms with Crippen molar-refractivity contribution in [3.8, 4) is 0 Å². The van der Waals surface area contributed by atoms with Gasteiger partial charge in [0.15, 0.2) is 0 Å². The number of piperidine rings is 1. The van der Waals surface area contributed by atoms with E-state index in [2.05, 4.69) is 41.9 Å². The van der Waals surface area contributed by atoms with E-state index in [1.165, 1.54) is 17.7 Å². The molecule has 1 fully saturated rings. The third-order valence-corrected chi connectivity index (χ3v) is 4.88. The van der Waals surface area contributed by atoms with Gasteiger partial charge in [-0.25, -0.2) is 9.18 Å². The predicted octanol–water partition coefficient (Wildman–Crippen LogP) is 3.76. The molecule has 5 heteroatoms. The highest BCUT2D eigenvalue weighted by molar-refractivity contribution is 5.89. The van der Waals surface area contributed by atoms with Crippen molar-refractivity contribution in [3.63, 3.8) is 0 Å². The van der Waals surface area contributed by atoms with Gasteiger partial charge < -0.3 is 15.1 Å². The first-order chi connectivity index (χ1) is 12.0. The highest BCUT2D eigenvalue weighted by atomic mass is 19.1. The molecule has 4 nitrogen and oxygen atoms in total. The van der Waals surface area contributed by atoms with Crippen LogP contribution in [0.25, 0.3) is 0 Å². The number of amides is 2. The Hall–Kier alpha value is -2.40. The number of hydrogen-bond acceptors (Lipinski definition) is 1. The molecule has 0 aromatic heterocycles. The topological polar surface area (TPSA) is 41.1 Å². The number of nitrogens with one attached hydrogen (secondary N) is 2. The van der Waals surface area contributed by atoms with E-state index < -0.39 is 0 Å². The van der Waals surface area contributed by atoms with Crippen LogP contribution in [-0.2, 0) is 6.54 Å². The van der Waals surface area contributed by atoms with E-state index in [9.17, 15) is 9.18 Å². The number of quaternary nitrogens is 1. The average molecular weight is 342 g/mol. The van der Waals surface area contributed by atoms with E-state index in [-0.39, 0.29) is 17.9 Å². The highest BCUT2D eigenvalue weighted by Gasteiger charge is 2.30. The lowest BCUT2D eigenvalue weighted by Gasteiger charge is -2.40. The maximum Gasteiger partial charge on any atom is 0.319 e. The van der Waals surface area contributed by atoms with E-state index in [1.54, 1.807) is 12.1 Å². The Balaban J connectivity index is 1.47. The minimum atomic E-state index is -0.311. The van der Waals surface area contributed by atoms with Crippen molar-refractivity contribution in [2.45, 2.75) is 25.4 Å². The molecule has 2 amide bonds. The summed E-state index contributed by atoms with van der Waals surface area (Å²) in [6.45, 7) is 3.10. The normalized spacial score (nSPS) is 23.0. The minimum Gasteiger partial charge on any atom is -0.335 e. The summed E-state index contributed by atoms with van der Waals surface area (Å²) in [5, 5.41) is 5.78. The largest absolute Gasteiger partial charge is 0.335 e. The van der Waals surface area contributed by atoms with Crippen LogP contribution >= 0.6 is 0 Å². The number of carbonyl (C=O) groups is 1. The molecular formula is C20H25FN3O+. The quantitative estimate of drug-likeness (QED) is 0.816. The molecule has 1 heterocycles.